The molecular weight excluding hydrogens is 268 g/mol. The summed E-state index contributed by atoms with van der Waals surface area (Å²) in [6.07, 6.45) is 7.80. The number of aryl methyl sites for hydroxylation is 1. The van der Waals surface area contributed by atoms with Gasteiger partial charge in [-0.2, -0.15) is 4.98 Å². The van der Waals surface area contributed by atoms with Gasteiger partial charge in [0.2, 0.25) is 5.89 Å². The summed E-state index contributed by atoms with van der Waals surface area (Å²) in [5.41, 5.74) is -0.710. The van der Waals surface area contributed by atoms with Crippen molar-refractivity contribution in [3.05, 3.63) is 11.7 Å². The monoisotopic (exact) mass is 294 g/mol. The molecule has 0 spiro atoms. The van der Waals surface area contributed by atoms with Gasteiger partial charge in [0.1, 0.15) is 0 Å². The van der Waals surface area contributed by atoms with Gasteiger partial charge >= 0.3 is 5.97 Å². The Kier molecular flexibility index (Phi) is 5.37. The van der Waals surface area contributed by atoms with E-state index >= 15 is 0 Å². The van der Waals surface area contributed by atoms with Gasteiger partial charge in [-0.15, -0.1) is 0 Å². The summed E-state index contributed by atoms with van der Waals surface area (Å²) in [5, 5.41) is 13.7. The average molecular weight is 294 g/mol. The maximum absolute atomic E-state index is 11.8. The first-order valence-electron chi connectivity index (χ1n) is 8.07. The van der Waals surface area contributed by atoms with Crippen molar-refractivity contribution in [3.63, 3.8) is 0 Å². The first-order valence-corrected chi connectivity index (χ1v) is 8.07. The standard InChI is InChI=1S/C16H26N2O3/c1-12(2)7-8-13-17-14(21-18-13)11-16(15(19)20)9-5-3-4-6-10-16/h12H,3-11H2,1-2H3,(H,19,20). The zero-order chi connectivity index (χ0) is 15.3. The highest BCUT2D eigenvalue weighted by Crippen LogP contribution is 2.38. The molecule has 1 fully saturated rings. The van der Waals surface area contributed by atoms with E-state index in [1.54, 1.807) is 0 Å². The summed E-state index contributed by atoms with van der Waals surface area (Å²) in [4.78, 5) is 16.2. The fourth-order valence-corrected chi connectivity index (χ4v) is 3.04. The Morgan fingerprint density at radius 3 is 2.52 bits per heavy atom. The van der Waals surface area contributed by atoms with Crippen molar-refractivity contribution in [3.8, 4) is 0 Å². The van der Waals surface area contributed by atoms with Gasteiger partial charge in [-0.25, -0.2) is 0 Å². The quantitative estimate of drug-likeness (QED) is 0.811. The Bertz CT molecular complexity index is 460. The molecule has 118 valence electrons. The van der Waals surface area contributed by atoms with E-state index in [0.717, 1.165) is 38.5 Å². The lowest BCUT2D eigenvalue weighted by Crippen LogP contribution is -2.33. The van der Waals surface area contributed by atoms with Crippen LogP contribution in [0.4, 0.5) is 0 Å². The minimum absolute atomic E-state index is 0.372. The molecule has 0 aromatic carbocycles. The Morgan fingerprint density at radius 2 is 1.95 bits per heavy atom. The molecule has 0 aliphatic heterocycles. The van der Waals surface area contributed by atoms with Crippen molar-refractivity contribution >= 4 is 5.97 Å². The Labute approximate surface area is 126 Å². The van der Waals surface area contributed by atoms with E-state index in [2.05, 4.69) is 24.0 Å². The summed E-state index contributed by atoms with van der Waals surface area (Å²) in [6, 6.07) is 0. The highest BCUT2D eigenvalue weighted by Gasteiger charge is 2.40. The Hall–Kier alpha value is -1.39. The van der Waals surface area contributed by atoms with Gasteiger partial charge in [-0.3, -0.25) is 4.79 Å². The summed E-state index contributed by atoms with van der Waals surface area (Å²) in [6.45, 7) is 4.32. The molecular formula is C16H26N2O3. The van der Waals surface area contributed by atoms with Crippen molar-refractivity contribution < 1.29 is 14.4 Å². The van der Waals surface area contributed by atoms with Crippen molar-refractivity contribution in [2.24, 2.45) is 11.3 Å². The number of hydrogen-bond acceptors (Lipinski definition) is 4. The van der Waals surface area contributed by atoms with E-state index in [-0.39, 0.29) is 0 Å². The van der Waals surface area contributed by atoms with Crippen LogP contribution < -0.4 is 0 Å². The number of rotatable bonds is 6. The van der Waals surface area contributed by atoms with Gasteiger partial charge in [0, 0.05) is 12.8 Å². The number of nitrogens with zero attached hydrogens (tertiary/aromatic N) is 2. The van der Waals surface area contributed by atoms with Gasteiger partial charge < -0.3 is 9.63 Å². The lowest BCUT2D eigenvalue weighted by atomic mass is 9.77. The van der Waals surface area contributed by atoms with E-state index in [4.69, 9.17) is 4.52 Å². The lowest BCUT2D eigenvalue weighted by Gasteiger charge is -2.26. The topological polar surface area (TPSA) is 76.2 Å². The summed E-state index contributed by atoms with van der Waals surface area (Å²) in [5.74, 6) is 1.07. The second-order valence-electron chi connectivity index (χ2n) is 6.71. The van der Waals surface area contributed by atoms with Crippen molar-refractivity contribution in [1.82, 2.24) is 10.1 Å². The van der Waals surface area contributed by atoms with Gasteiger partial charge in [0.05, 0.1) is 5.41 Å². The third-order valence-corrected chi connectivity index (χ3v) is 4.46. The maximum Gasteiger partial charge on any atom is 0.310 e. The number of carboxylic acids is 1. The number of carbonyl (C=O) groups is 1. The highest BCUT2D eigenvalue weighted by molar-refractivity contribution is 5.74. The smallest absolute Gasteiger partial charge is 0.310 e. The summed E-state index contributed by atoms with van der Waals surface area (Å²) < 4.78 is 5.29. The zero-order valence-corrected chi connectivity index (χ0v) is 13.1. The van der Waals surface area contributed by atoms with Crippen LogP contribution in [0.2, 0.25) is 0 Å². The van der Waals surface area contributed by atoms with Crippen LogP contribution in [0.15, 0.2) is 4.52 Å². The molecule has 1 N–H and O–H groups in total. The second-order valence-corrected chi connectivity index (χ2v) is 6.71. The molecule has 5 nitrogen and oxygen atoms in total. The Balaban J connectivity index is 2.05. The number of aliphatic carboxylic acids is 1. The van der Waals surface area contributed by atoms with E-state index in [1.165, 1.54) is 0 Å². The summed E-state index contributed by atoms with van der Waals surface area (Å²) in [7, 11) is 0. The van der Waals surface area contributed by atoms with Crippen LogP contribution in [0.5, 0.6) is 0 Å². The number of carboxylic acid groups (broad SMARTS) is 1. The minimum Gasteiger partial charge on any atom is -0.481 e. The van der Waals surface area contributed by atoms with Crippen LogP contribution in [-0.4, -0.2) is 21.2 Å². The molecule has 2 rings (SSSR count). The molecule has 1 heterocycles. The van der Waals surface area contributed by atoms with E-state index in [9.17, 15) is 9.90 Å². The lowest BCUT2D eigenvalue weighted by molar-refractivity contribution is -0.150. The number of aromatic nitrogens is 2. The average Bonchev–Trinajstić information content (AvgIpc) is 2.72. The van der Waals surface area contributed by atoms with E-state index in [1.807, 2.05) is 0 Å². The minimum atomic E-state index is -0.716. The fourth-order valence-electron chi connectivity index (χ4n) is 3.04. The van der Waals surface area contributed by atoms with Gasteiger partial charge in [0.15, 0.2) is 5.82 Å². The zero-order valence-electron chi connectivity index (χ0n) is 13.1. The van der Waals surface area contributed by atoms with E-state index in [0.29, 0.717) is 36.9 Å². The molecule has 0 saturated heterocycles. The largest absolute Gasteiger partial charge is 0.481 e. The van der Waals surface area contributed by atoms with Crippen molar-refractivity contribution in [2.45, 2.75) is 71.6 Å². The molecule has 1 aliphatic carbocycles. The van der Waals surface area contributed by atoms with Gasteiger partial charge in [0.25, 0.3) is 0 Å². The first-order chi connectivity index (χ1) is 10.0. The van der Waals surface area contributed by atoms with Crippen molar-refractivity contribution in [1.29, 1.82) is 0 Å². The normalized spacial score (nSPS) is 18.6. The van der Waals surface area contributed by atoms with Crippen LogP contribution in [0.3, 0.4) is 0 Å². The van der Waals surface area contributed by atoms with Crippen LogP contribution in [0.25, 0.3) is 0 Å². The molecule has 1 aliphatic rings. The molecule has 1 aromatic rings. The molecule has 0 unspecified atom stereocenters. The van der Waals surface area contributed by atoms with Crippen molar-refractivity contribution in [2.75, 3.05) is 0 Å². The SMILES string of the molecule is CC(C)CCc1noc(CC2(C(=O)O)CCCCCC2)n1. The van der Waals surface area contributed by atoms with Gasteiger partial charge in [-0.1, -0.05) is 44.7 Å². The summed E-state index contributed by atoms with van der Waals surface area (Å²) >= 11 is 0. The highest BCUT2D eigenvalue weighted by atomic mass is 16.5. The fraction of sp³-hybridized carbons (Fsp3) is 0.812. The molecule has 5 heteroatoms. The second kappa shape index (κ2) is 7.05. The van der Waals surface area contributed by atoms with Crippen LogP contribution in [0.1, 0.15) is 70.5 Å². The van der Waals surface area contributed by atoms with Crippen LogP contribution >= 0.6 is 0 Å². The predicted molar refractivity (Wildman–Crippen MR) is 78.9 cm³/mol. The molecule has 0 bridgehead atoms. The molecule has 1 aromatic heterocycles. The first kappa shape index (κ1) is 16.0. The third-order valence-electron chi connectivity index (χ3n) is 4.46. The maximum atomic E-state index is 11.8. The van der Waals surface area contributed by atoms with Crippen LogP contribution in [0, 0.1) is 11.3 Å². The number of hydrogen-bond donors (Lipinski definition) is 1. The van der Waals surface area contributed by atoms with Crippen LogP contribution in [-0.2, 0) is 17.6 Å². The predicted octanol–water partition coefficient (Wildman–Crippen LogP) is 3.63. The molecule has 1 saturated carbocycles. The molecule has 0 atom stereocenters. The molecule has 0 radical (unpaired) electrons. The molecule has 0 amide bonds. The molecule has 21 heavy (non-hydrogen) atoms. The third kappa shape index (κ3) is 4.29. The van der Waals surface area contributed by atoms with Gasteiger partial charge in [-0.05, 0) is 25.2 Å². The van der Waals surface area contributed by atoms with E-state index < -0.39 is 11.4 Å². The Morgan fingerprint density at radius 1 is 1.29 bits per heavy atom.